The Bertz CT molecular complexity index is 398. The second kappa shape index (κ2) is 7.06. The summed E-state index contributed by atoms with van der Waals surface area (Å²) in [6.07, 6.45) is 1.01. The van der Waals surface area contributed by atoms with Gasteiger partial charge in [-0.25, -0.2) is 0 Å². The molecule has 0 spiro atoms. The van der Waals surface area contributed by atoms with Crippen molar-refractivity contribution >= 4 is 0 Å². The van der Waals surface area contributed by atoms with Crippen molar-refractivity contribution in [3.8, 4) is 0 Å². The number of likely N-dealkylation sites (N-methyl/N-ethyl adjacent to an activating group) is 1. The lowest BCUT2D eigenvalue weighted by molar-refractivity contribution is -0.0377. The average Bonchev–Trinajstić information content (AvgIpc) is 2.33. The third-order valence-electron chi connectivity index (χ3n) is 3.73. The van der Waals surface area contributed by atoms with Crippen LogP contribution in [0.1, 0.15) is 44.4 Å². The van der Waals surface area contributed by atoms with Gasteiger partial charge >= 0.3 is 0 Å². The molecule has 1 unspecified atom stereocenters. The molecule has 1 aromatic carbocycles. The van der Waals surface area contributed by atoms with Crippen LogP contribution in [0.4, 0.5) is 0 Å². The predicted octanol–water partition coefficient (Wildman–Crippen LogP) is 3.64. The fraction of sp³-hybridized carbons (Fsp3) is 0.647. The second-order valence-corrected chi connectivity index (χ2v) is 5.78. The first-order chi connectivity index (χ1) is 8.90. The van der Waals surface area contributed by atoms with Gasteiger partial charge in [0.25, 0.3) is 0 Å². The van der Waals surface area contributed by atoms with E-state index in [0.717, 1.165) is 19.6 Å². The number of benzene rings is 1. The van der Waals surface area contributed by atoms with Gasteiger partial charge in [0.15, 0.2) is 0 Å². The van der Waals surface area contributed by atoms with E-state index in [1.807, 2.05) is 0 Å². The van der Waals surface area contributed by atoms with E-state index in [-0.39, 0.29) is 5.60 Å². The molecule has 19 heavy (non-hydrogen) atoms. The minimum absolute atomic E-state index is 0.152. The SMILES string of the molecule is CCNC(Cc1cc(C)ccc1C)C(C)(C)OCC. The summed E-state index contributed by atoms with van der Waals surface area (Å²) in [4.78, 5) is 0. The van der Waals surface area contributed by atoms with Crippen LogP contribution in [0, 0.1) is 13.8 Å². The zero-order valence-corrected chi connectivity index (χ0v) is 13.3. The van der Waals surface area contributed by atoms with Crippen molar-refractivity contribution in [3.63, 3.8) is 0 Å². The first-order valence-corrected chi connectivity index (χ1v) is 7.34. The largest absolute Gasteiger partial charge is 0.374 e. The van der Waals surface area contributed by atoms with Crippen LogP contribution in [0.3, 0.4) is 0 Å². The average molecular weight is 263 g/mol. The monoisotopic (exact) mass is 263 g/mol. The third kappa shape index (κ3) is 4.63. The molecule has 108 valence electrons. The van der Waals surface area contributed by atoms with Gasteiger partial charge in [0.2, 0.25) is 0 Å². The summed E-state index contributed by atoms with van der Waals surface area (Å²) in [6.45, 7) is 14.6. The summed E-state index contributed by atoms with van der Waals surface area (Å²) in [5.74, 6) is 0. The van der Waals surface area contributed by atoms with Crippen molar-refractivity contribution in [3.05, 3.63) is 34.9 Å². The third-order valence-corrected chi connectivity index (χ3v) is 3.73. The highest BCUT2D eigenvalue weighted by Crippen LogP contribution is 2.21. The van der Waals surface area contributed by atoms with Gasteiger partial charge in [-0.2, -0.15) is 0 Å². The van der Waals surface area contributed by atoms with Crippen molar-refractivity contribution in [1.82, 2.24) is 5.32 Å². The van der Waals surface area contributed by atoms with E-state index in [2.05, 4.69) is 65.1 Å². The van der Waals surface area contributed by atoms with E-state index in [0.29, 0.717) is 6.04 Å². The highest BCUT2D eigenvalue weighted by molar-refractivity contribution is 5.31. The summed E-state index contributed by atoms with van der Waals surface area (Å²) in [6, 6.07) is 7.01. The molecule has 0 aromatic heterocycles. The summed E-state index contributed by atoms with van der Waals surface area (Å²) >= 11 is 0. The summed E-state index contributed by atoms with van der Waals surface area (Å²) in [5.41, 5.74) is 3.95. The van der Waals surface area contributed by atoms with Gasteiger partial charge in [0, 0.05) is 12.6 Å². The van der Waals surface area contributed by atoms with Gasteiger partial charge in [0.1, 0.15) is 0 Å². The zero-order chi connectivity index (χ0) is 14.5. The summed E-state index contributed by atoms with van der Waals surface area (Å²) < 4.78 is 5.92. The summed E-state index contributed by atoms with van der Waals surface area (Å²) in [5, 5.41) is 3.58. The standard InChI is InChI=1S/C17H29NO/c1-7-18-16(17(5,6)19-8-2)12-15-11-13(3)9-10-14(15)4/h9-11,16,18H,7-8,12H2,1-6H3. The molecule has 2 nitrogen and oxygen atoms in total. The van der Waals surface area contributed by atoms with Gasteiger partial charge < -0.3 is 10.1 Å². The van der Waals surface area contributed by atoms with E-state index in [1.54, 1.807) is 0 Å². The molecule has 1 atom stereocenters. The molecule has 0 radical (unpaired) electrons. The zero-order valence-electron chi connectivity index (χ0n) is 13.3. The van der Waals surface area contributed by atoms with Crippen LogP contribution >= 0.6 is 0 Å². The van der Waals surface area contributed by atoms with Crippen LogP contribution in [0.15, 0.2) is 18.2 Å². The maximum absolute atomic E-state index is 5.92. The molecule has 0 bridgehead atoms. The number of rotatable bonds is 7. The van der Waals surface area contributed by atoms with Crippen LogP contribution in [-0.2, 0) is 11.2 Å². The first-order valence-electron chi connectivity index (χ1n) is 7.34. The Morgan fingerprint density at radius 1 is 1.21 bits per heavy atom. The molecule has 0 saturated carbocycles. The highest BCUT2D eigenvalue weighted by atomic mass is 16.5. The first kappa shape index (κ1) is 16.2. The Kier molecular flexibility index (Phi) is 6.02. The van der Waals surface area contributed by atoms with Crippen LogP contribution in [0.5, 0.6) is 0 Å². The van der Waals surface area contributed by atoms with Gasteiger partial charge in [-0.15, -0.1) is 0 Å². The van der Waals surface area contributed by atoms with Crippen LogP contribution in [0.25, 0.3) is 0 Å². The molecule has 1 aromatic rings. The quantitative estimate of drug-likeness (QED) is 0.811. The fourth-order valence-electron chi connectivity index (χ4n) is 2.52. The molecule has 0 aliphatic rings. The van der Waals surface area contributed by atoms with E-state index in [1.165, 1.54) is 16.7 Å². The minimum Gasteiger partial charge on any atom is -0.374 e. The van der Waals surface area contributed by atoms with Gasteiger partial charge in [0.05, 0.1) is 5.60 Å². The van der Waals surface area contributed by atoms with Crippen molar-refractivity contribution in [2.75, 3.05) is 13.2 Å². The molecule has 1 rings (SSSR count). The van der Waals surface area contributed by atoms with Crippen molar-refractivity contribution in [2.45, 2.75) is 59.6 Å². The lowest BCUT2D eigenvalue weighted by atomic mass is 9.89. The molecule has 0 heterocycles. The van der Waals surface area contributed by atoms with Crippen LogP contribution in [-0.4, -0.2) is 24.8 Å². The topological polar surface area (TPSA) is 21.3 Å². The molecule has 0 aliphatic heterocycles. The molecule has 0 fully saturated rings. The molecular formula is C17H29NO. The number of aryl methyl sites for hydroxylation is 2. The fourth-order valence-corrected chi connectivity index (χ4v) is 2.52. The number of nitrogens with one attached hydrogen (secondary N) is 1. The lowest BCUT2D eigenvalue weighted by Crippen LogP contribution is -2.50. The Balaban J connectivity index is 2.92. The predicted molar refractivity (Wildman–Crippen MR) is 82.8 cm³/mol. The normalized spacial score (nSPS) is 13.6. The van der Waals surface area contributed by atoms with Gasteiger partial charge in [-0.05, 0) is 58.7 Å². The van der Waals surface area contributed by atoms with Crippen molar-refractivity contribution < 1.29 is 4.74 Å². The Hall–Kier alpha value is -0.860. The second-order valence-electron chi connectivity index (χ2n) is 5.78. The molecule has 0 saturated heterocycles. The van der Waals surface area contributed by atoms with E-state index >= 15 is 0 Å². The highest BCUT2D eigenvalue weighted by Gasteiger charge is 2.29. The number of hydrogen-bond acceptors (Lipinski definition) is 2. The van der Waals surface area contributed by atoms with Crippen LogP contribution < -0.4 is 5.32 Å². The van der Waals surface area contributed by atoms with E-state index < -0.39 is 0 Å². The minimum atomic E-state index is -0.152. The molecule has 0 amide bonds. The molecule has 2 heteroatoms. The Morgan fingerprint density at radius 2 is 1.89 bits per heavy atom. The van der Waals surface area contributed by atoms with Gasteiger partial charge in [-0.1, -0.05) is 30.7 Å². The smallest absolute Gasteiger partial charge is 0.0781 e. The van der Waals surface area contributed by atoms with E-state index in [9.17, 15) is 0 Å². The van der Waals surface area contributed by atoms with E-state index in [4.69, 9.17) is 4.74 Å². The number of hydrogen-bond donors (Lipinski definition) is 1. The number of ether oxygens (including phenoxy) is 1. The molecular weight excluding hydrogens is 234 g/mol. The Labute approximate surface area is 118 Å². The Morgan fingerprint density at radius 3 is 2.47 bits per heavy atom. The van der Waals surface area contributed by atoms with Crippen molar-refractivity contribution in [1.29, 1.82) is 0 Å². The van der Waals surface area contributed by atoms with Crippen LogP contribution in [0.2, 0.25) is 0 Å². The maximum Gasteiger partial charge on any atom is 0.0781 e. The van der Waals surface area contributed by atoms with Crippen molar-refractivity contribution in [2.24, 2.45) is 0 Å². The van der Waals surface area contributed by atoms with Gasteiger partial charge in [-0.3, -0.25) is 0 Å². The summed E-state index contributed by atoms with van der Waals surface area (Å²) in [7, 11) is 0. The maximum atomic E-state index is 5.92. The molecule has 1 N–H and O–H groups in total. The lowest BCUT2D eigenvalue weighted by Gasteiger charge is -2.35. The molecule has 0 aliphatic carbocycles.